The highest BCUT2D eigenvalue weighted by Crippen LogP contribution is 2.36. The van der Waals surface area contributed by atoms with E-state index in [2.05, 4.69) is 10.6 Å². The molecule has 3 unspecified atom stereocenters. The lowest BCUT2D eigenvalue weighted by atomic mass is 10.1. The summed E-state index contributed by atoms with van der Waals surface area (Å²) in [4.78, 5) is 84.3. The van der Waals surface area contributed by atoms with E-state index in [0.717, 1.165) is 27.7 Å². The predicted molar refractivity (Wildman–Crippen MR) is 170 cm³/mol. The van der Waals surface area contributed by atoms with Gasteiger partial charge < -0.3 is 34.3 Å². The Morgan fingerprint density at radius 2 is 1.21 bits per heavy atom. The van der Waals surface area contributed by atoms with E-state index in [0.29, 0.717) is 12.7 Å². The van der Waals surface area contributed by atoms with Crippen LogP contribution in [0.3, 0.4) is 0 Å². The molecule has 0 aromatic heterocycles. The normalized spacial score (nSPS) is 12.6. The first-order valence-electron chi connectivity index (χ1n) is 12.0. The number of nitrogens with one attached hydrogen (secondary N) is 2. The molecule has 2 amide bonds. The maximum atomic E-state index is 13.8. The van der Waals surface area contributed by atoms with Crippen LogP contribution in [0.15, 0.2) is 0 Å². The number of hydrogen-bond donors (Lipinski definition) is 2. The Hall–Kier alpha value is -2.30. The Balaban J connectivity index is 3.67. The monoisotopic (exact) mass is 930 g/mol. The Morgan fingerprint density at radius 1 is 0.690 bits per heavy atom. The van der Waals surface area contributed by atoms with Crippen molar-refractivity contribution in [1.29, 1.82) is 0 Å². The largest absolute Gasteiger partial charge is 0.464 e. The van der Waals surface area contributed by atoms with E-state index in [1.807, 2.05) is 67.8 Å². The molecule has 0 saturated carbocycles. The number of hydrogen-bond acceptors (Lipinski definition) is 12. The molecule has 0 aliphatic carbocycles. The van der Waals surface area contributed by atoms with Crippen LogP contribution in [0.4, 0.5) is 5.69 Å². The van der Waals surface area contributed by atoms with Gasteiger partial charge in [0, 0.05) is 47.3 Å². The van der Waals surface area contributed by atoms with Gasteiger partial charge in [-0.1, -0.05) is 0 Å². The quantitative estimate of drug-likeness (QED) is 0.168. The van der Waals surface area contributed by atoms with E-state index in [-0.39, 0.29) is 21.4 Å². The van der Waals surface area contributed by atoms with Gasteiger partial charge in [0.1, 0.15) is 25.9 Å². The third-order valence-electron chi connectivity index (χ3n) is 5.01. The molecule has 0 aliphatic rings. The molecule has 0 radical (unpaired) electrons. The van der Waals surface area contributed by atoms with E-state index in [9.17, 15) is 33.6 Å². The first kappa shape index (κ1) is 37.7. The Kier molecular flexibility index (Phi) is 15.9. The van der Waals surface area contributed by atoms with Crippen LogP contribution < -0.4 is 10.6 Å². The molecule has 1 aromatic carbocycles. The lowest BCUT2D eigenvalue weighted by Gasteiger charge is -2.28. The second-order valence-electron chi connectivity index (χ2n) is 8.52. The zero-order valence-corrected chi connectivity index (χ0v) is 29.9. The number of carbonyl (C=O) groups is 7. The summed E-state index contributed by atoms with van der Waals surface area (Å²) in [5, 5.41) is 5.31. The van der Waals surface area contributed by atoms with Gasteiger partial charge >= 0.3 is 29.8 Å². The molecule has 0 bridgehead atoms. The van der Waals surface area contributed by atoms with Crippen LogP contribution in [0.5, 0.6) is 0 Å². The SMILES string of the molecule is CC(=O)OCc1c(I)c(NC(=O)C(C)OC(C)=O)c(I)c(C(=O)NC(COC(C)=O)C(COC(C)=O)OC(C)=O)c1I. The third-order valence-corrected chi connectivity index (χ3v) is 8.47. The fourth-order valence-electron chi connectivity index (χ4n) is 3.19. The molecule has 1 rings (SSSR count). The number of anilines is 1. The van der Waals surface area contributed by atoms with Gasteiger partial charge in [0.15, 0.2) is 12.2 Å². The summed E-state index contributed by atoms with van der Waals surface area (Å²) in [6.45, 7) is 5.99. The van der Waals surface area contributed by atoms with Gasteiger partial charge in [0.2, 0.25) is 0 Å². The molecule has 232 valence electrons. The van der Waals surface area contributed by atoms with Crippen LogP contribution >= 0.6 is 67.8 Å². The van der Waals surface area contributed by atoms with Crippen LogP contribution in [0.1, 0.15) is 57.5 Å². The predicted octanol–water partition coefficient (Wildman–Crippen LogP) is 2.61. The minimum Gasteiger partial charge on any atom is -0.464 e. The summed E-state index contributed by atoms with van der Waals surface area (Å²) >= 11 is 5.67. The fraction of sp³-hybridized carbons (Fsp3) is 0.480. The number of halogens is 3. The molecule has 0 aliphatic heterocycles. The molecule has 3 atom stereocenters. The maximum absolute atomic E-state index is 13.8. The first-order valence-corrected chi connectivity index (χ1v) is 15.2. The fourth-order valence-corrected chi connectivity index (χ4v) is 7.42. The molecule has 42 heavy (non-hydrogen) atoms. The van der Waals surface area contributed by atoms with Gasteiger partial charge in [0.25, 0.3) is 11.8 Å². The van der Waals surface area contributed by atoms with Crippen LogP contribution in [-0.2, 0) is 59.1 Å². The average molecular weight is 930 g/mol. The van der Waals surface area contributed by atoms with Gasteiger partial charge in [0.05, 0.1) is 14.8 Å². The number of amides is 2. The van der Waals surface area contributed by atoms with Crippen molar-refractivity contribution in [2.75, 3.05) is 18.5 Å². The van der Waals surface area contributed by atoms with Crippen molar-refractivity contribution in [3.63, 3.8) is 0 Å². The second-order valence-corrected chi connectivity index (χ2v) is 11.8. The lowest BCUT2D eigenvalue weighted by Crippen LogP contribution is -2.50. The average Bonchev–Trinajstić information content (AvgIpc) is 2.85. The van der Waals surface area contributed by atoms with E-state index in [1.165, 1.54) is 13.8 Å². The van der Waals surface area contributed by atoms with Crippen LogP contribution in [0.2, 0.25) is 0 Å². The summed E-state index contributed by atoms with van der Waals surface area (Å²) in [6.07, 6.45) is -2.40. The number of carbonyl (C=O) groups excluding carboxylic acids is 7. The van der Waals surface area contributed by atoms with Crippen LogP contribution in [-0.4, -0.2) is 73.1 Å². The van der Waals surface area contributed by atoms with Crippen molar-refractivity contribution < 1.29 is 57.2 Å². The molecule has 0 spiro atoms. The summed E-state index contributed by atoms with van der Waals surface area (Å²) in [5.41, 5.74) is 0.609. The van der Waals surface area contributed by atoms with E-state index >= 15 is 0 Å². The smallest absolute Gasteiger partial charge is 0.303 e. The van der Waals surface area contributed by atoms with Crippen molar-refractivity contribution in [3.05, 3.63) is 21.8 Å². The molecule has 14 nitrogen and oxygen atoms in total. The summed E-state index contributed by atoms with van der Waals surface area (Å²) in [7, 11) is 0. The molecule has 17 heteroatoms. The molecular formula is C25H29I3N2O12. The van der Waals surface area contributed by atoms with Crippen LogP contribution in [0.25, 0.3) is 0 Å². The Labute approximate surface area is 282 Å². The Bertz CT molecular complexity index is 1250. The molecule has 1 aromatic rings. The van der Waals surface area contributed by atoms with Crippen molar-refractivity contribution in [1.82, 2.24) is 5.32 Å². The molecule has 2 N–H and O–H groups in total. The summed E-state index contributed by atoms with van der Waals surface area (Å²) in [6, 6.07) is -1.17. The van der Waals surface area contributed by atoms with Crippen molar-refractivity contribution in [3.8, 4) is 0 Å². The van der Waals surface area contributed by atoms with Crippen LogP contribution in [0, 0.1) is 10.7 Å². The first-order chi connectivity index (χ1) is 19.5. The highest BCUT2D eigenvalue weighted by molar-refractivity contribution is 14.1. The van der Waals surface area contributed by atoms with Gasteiger partial charge in [-0.15, -0.1) is 0 Å². The standard InChI is InChI=1S/C25H29I3N2O12/c1-10(41-14(5)34)24(36)30-23-21(27)16(7-38-11(2)31)20(26)19(22(23)28)25(37)29-17(8-39-12(3)32)18(42-15(6)35)9-40-13(4)33/h10,17-18H,7-9H2,1-6H3,(H,29,37)(H,30,36). The molecular weight excluding hydrogens is 901 g/mol. The Morgan fingerprint density at radius 3 is 1.71 bits per heavy atom. The number of ether oxygens (including phenoxy) is 5. The molecule has 0 heterocycles. The minimum atomic E-state index is -1.24. The van der Waals surface area contributed by atoms with Crippen molar-refractivity contribution in [2.45, 2.75) is 66.4 Å². The number of benzene rings is 1. The van der Waals surface area contributed by atoms with E-state index < -0.39 is 73.1 Å². The van der Waals surface area contributed by atoms with E-state index in [1.54, 1.807) is 0 Å². The second kappa shape index (κ2) is 17.7. The highest BCUT2D eigenvalue weighted by Gasteiger charge is 2.32. The summed E-state index contributed by atoms with van der Waals surface area (Å²) in [5.74, 6) is -4.79. The van der Waals surface area contributed by atoms with Gasteiger partial charge in [-0.3, -0.25) is 33.6 Å². The number of rotatable bonds is 13. The van der Waals surface area contributed by atoms with Crippen molar-refractivity contribution in [2.24, 2.45) is 0 Å². The molecule has 0 saturated heterocycles. The van der Waals surface area contributed by atoms with E-state index in [4.69, 9.17) is 23.7 Å². The highest BCUT2D eigenvalue weighted by atomic mass is 127. The zero-order valence-electron chi connectivity index (χ0n) is 23.4. The van der Waals surface area contributed by atoms with Gasteiger partial charge in [-0.2, -0.15) is 0 Å². The van der Waals surface area contributed by atoms with Gasteiger partial charge in [-0.05, 0) is 74.7 Å². The maximum Gasteiger partial charge on any atom is 0.303 e. The van der Waals surface area contributed by atoms with Crippen molar-refractivity contribution >= 4 is 115 Å². The molecule has 0 fully saturated rings. The topological polar surface area (TPSA) is 190 Å². The number of esters is 5. The van der Waals surface area contributed by atoms with Gasteiger partial charge in [-0.25, -0.2) is 0 Å². The zero-order chi connectivity index (χ0) is 32.3. The lowest BCUT2D eigenvalue weighted by molar-refractivity contribution is -0.160. The minimum absolute atomic E-state index is 0.0380. The third kappa shape index (κ3) is 12.1. The summed E-state index contributed by atoms with van der Waals surface area (Å²) < 4.78 is 26.5.